The summed E-state index contributed by atoms with van der Waals surface area (Å²) in [5.74, 6) is 1.24. The van der Waals surface area contributed by atoms with Gasteiger partial charge >= 0.3 is 0 Å². The van der Waals surface area contributed by atoms with Crippen LogP contribution in [0.4, 0.5) is 0 Å². The Labute approximate surface area is 117 Å². The van der Waals surface area contributed by atoms with Gasteiger partial charge in [-0.2, -0.15) is 17.4 Å². The van der Waals surface area contributed by atoms with E-state index in [2.05, 4.69) is 18.6 Å². The van der Waals surface area contributed by atoms with E-state index in [0.29, 0.717) is 37.4 Å². The zero-order valence-corrected chi connectivity index (χ0v) is 13.0. The van der Waals surface area contributed by atoms with E-state index >= 15 is 0 Å². The van der Waals surface area contributed by atoms with Crippen LogP contribution in [0.2, 0.25) is 0 Å². The number of nitrogens with zero attached hydrogens (tertiary/aromatic N) is 1. The van der Waals surface area contributed by atoms with Crippen molar-refractivity contribution in [1.82, 2.24) is 9.03 Å². The predicted octanol–water partition coefficient (Wildman–Crippen LogP) is 0.926. The number of hydrogen-bond donors (Lipinski definition) is 2. The largest absolute Gasteiger partial charge is 0.329 e. The Morgan fingerprint density at radius 1 is 1.26 bits per heavy atom. The van der Waals surface area contributed by atoms with Gasteiger partial charge < -0.3 is 5.73 Å². The summed E-state index contributed by atoms with van der Waals surface area (Å²) in [6.07, 6.45) is 3.24. The summed E-state index contributed by atoms with van der Waals surface area (Å²) in [7, 11) is -3.42. The Bertz CT molecular complexity index is 412. The van der Waals surface area contributed by atoms with Gasteiger partial charge in [-0.3, -0.25) is 0 Å². The first-order chi connectivity index (χ1) is 8.77. The molecule has 3 unspecified atom stereocenters. The van der Waals surface area contributed by atoms with E-state index in [9.17, 15) is 8.42 Å². The highest BCUT2D eigenvalue weighted by Crippen LogP contribution is 2.39. The molecule has 0 radical (unpaired) electrons. The van der Waals surface area contributed by atoms with Crippen LogP contribution in [0, 0.1) is 17.8 Å². The average Bonchev–Trinajstić information content (AvgIpc) is 3.11. The van der Waals surface area contributed by atoms with E-state index in [1.807, 2.05) is 6.92 Å². The lowest BCUT2D eigenvalue weighted by molar-refractivity contribution is 0.216. The highest BCUT2D eigenvalue weighted by atomic mass is 32.2. The normalized spacial score (nSPS) is 33.1. The fourth-order valence-electron chi connectivity index (χ4n) is 3.17. The Kier molecular flexibility index (Phi) is 4.26. The molecule has 0 spiro atoms. The lowest BCUT2D eigenvalue weighted by Crippen LogP contribution is -2.58. The van der Waals surface area contributed by atoms with Crippen LogP contribution in [0.15, 0.2) is 0 Å². The fourth-order valence-corrected chi connectivity index (χ4v) is 5.04. The van der Waals surface area contributed by atoms with Crippen LogP contribution in [-0.4, -0.2) is 37.9 Å². The van der Waals surface area contributed by atoms with Crippen molar-refractivity contribution in [2.75, 3.05) is 19.6 Å². The number of rotatable bonds is 5. The SMILES string of the molecule is CC1CC(C)CN(S(=O)(=O)NC(C)(CN)C2CC2)C1. The molecule has 19 heavy (non-hydrogen) atoms. The lowest BCUT2D eigenvalue weighted by Gasteiger charge is -2.37. The van der Waals surface area contributed by atoms with Crippen LogP contribution in [0.5, 0.6) is 0 Å². The van der Waals surface area contributed by atoms with Crippen molar-refractivity contribution in [3.05, 3.63) is 0 Å². The number of nitrogens with one attached hydrogen (secondary N) is 1. The second kappa shape index (κ2) is 5.31. The summed E-state index contributed by atoms with van der Waals surface area (Å²) < 4.78 is 29.6. The zero-order valence-electron chi connectivity index (χ0n) is 12.2. The van der Waals surface area contributed by atoms with Crippen LogP contribution in [0.25, 0.3) is 0 Å². The highest BCUT2D eigenvalue weighted by molar-refractivity contribution is 7.87. The van der Waals surface area contributed by atoms with E-state index in [1.165, 1.54) is 0 Å². The van der Waals surface area contributed by atoms with E-state index in [0.717, 1.165) is 19.3 Å². The van der Waals surface area contributed by atoms with Crippen molar-refractivity contribution in [3.8, 4) is 0 Å². The zero-order chi connectivity index (χ0) is 14.3. The average molecular weight is 289 g/mol. The molecule has 112 valence electrons. The summed E-state index contributed by atoms with van der Waals surface area (Å²) in [4.78, 5) is 0. The first kappa shape index (κ1) is 15.2. The topological polar surface area (TPSA) is 75.4 Å². The summed E-state index contributed by atoms with van der Waals surface area (Å²) in [5, 5.41) is 0. The molecule has 0 aromatic heterocycles. The molecule has 3 atom stereocenters. The first-order valence-electron chi connectivity index (χ1n) is 7.26. The molecule has 1 saturated heterocycles. The van der Waals surface area contributed by atoms with E-state index in [1.54, 1.807) is 4.31 Å². The smallest absolute Gasteiger partial charge is 0.280 e. The van der Waals surface area contributed by atoms with Crippen LogP contribution >= 0.6 is 0 Å². The van der Waals surface area contributed by atoms with Crippen molar-refractivity contribution in [3.63, 3.8) is 0 Å². The van der Waals surface area contributed by atoms with E-state index < -0.39 is 15.7 Å². The van der Waals surface area contributed by atoms with Gasteiger partial charge in [-0.05, 0) is 43.9 Å². The molecule has 1 aliphatic carbocycles. The van der Waals surface area contributed by atoms with Gasteiger partial charge in [0.05, 0.1) is 0 Å². The Balaban J connectivity index is 2.09. The van der Waals surface area contributed by atoms with Gasteiger partial charge in [0.25, 0.3) is 10.2 Å². The van der Waals surface area contributed by atoms with Gasteiger partial charge in [-0.1, -0.05) is 13.8 Å². The Morgan fingerprint density at radius 3 is 2.21 bits per heavy atom. The van der Waals surface area contributed by atoms with Crippen molar-refractivity contribution < 1.29 is 8.42 Å². The molecular formula is C13H27N3O2S. The standard InChI is InChI=1S/C13H27N3O2S/c1-10-6-11(2)8-16(7-10)19(17,18)15-13(3,9-14)12-4-5-12/h10-12,15H,4-9,14H2,1-3H3. The molecule has 2 aliphatic rings. The monoisotopic (exact) mass is 289 g/mol. The molecule has 0 aromatic carbocycles. The Hall–Kier alpha value is -0.170. The van der Waals surface area contributed by atoms with Crippen LogP contribution in [0.3, 0.4) is 0 Å². The molecule has 0 amide bonds. The Morgan fingerprint density at radius 2 is 1.79 bits per heavy atom. The van der Waals surface area contributed by atoms with Gasteiger partial charge in [0.1, 0.15) is 0 Å². The minimum atomic E-state index is -3.42. The molecule has 2 fully saturated rings. The van der Waals surface area contributed by atoms with Crippen molar-refractivity contribution >= 4 is 10.2 Å². The first-order valence-corrected chi connectivity index (χ1v) is 8.70. The molecule has 5 nitrogen and oxygen atoms in total. The number of piperidine rings is 1. The fraction of sp³-hybridized carbons (Fsp3) is 1.00. The number of nitrogens with two attached hydrogens (primary N) is 1. The van der Waals surface area contributed by atoms with Crippen LogP contribution in [0.1, 0.15) is 40.0 Å². The molecule has 2 rings (SSSR count). The molecule has 1 aliphatic heterocycles. The highest BCUT2D eigenvalue weighted by Gasteiger charge is 2.44. The van der Waals surface area contributed by atoms with Gasteiger partial charge in [-0.15, -0.1) is 0 Å². The third-order valence-electron chi connectivity index (χ3n) is 4.44. The molecule has 0 bridgehead atoms. The molecule has 1 heterocycles. The summed E-state index contributed by atoms with van der Waals surface area (Å²) in [5.41, 5.74) is 5.31. The van der Waals surface area contributed by atoms with Crippen molar-refractivity contribution in [2.24, 2.45) is 23.5 Å². The molecular weight excluding hydrogens is 262 g/mol. The molecule has 0 aromatic rings. The van der Waals surface area contributed by atoms with E-state index in [4.69, 9.17) is 5.73 Å². The molecule has 6 heteroatoms. The van der Waals surface area contributed by atoms with Crippen molar-refractivity contribution in [1.29, 1.82) is 0 Å². The second-order valence-electron chi connectivity index (χ2n) is 6.77. The maximum absolute atomic E-state index is 12.5. The third-order valence-corrected chi connectivity index (χ3v) is 6.14. The van der Waals surface area contributed by atoms with Gasteiger partial charge in [0.15, 0.2) is 0 Å². The molecule has 1 saturated carbocycles. The summed E-state index contributed by atoms with van der Waals surface area (Å²) in [6, 6.07) is 0. The van der Waals surface area contributed by atoms with Gasteiger partial charge in [0, 0.05) is 25.2 Å². The predicted molar refractivity (Wildman–Crippen MR) is 76.8 cm³/mol. The summed E-state index contributed by atoms with van der Waals surface area (Å²) in [6.45, 7) is 7.74. The maximum Gasteiger partial charge on any atom is 0.280 e. The van der Waals surface area contributed by atoms with E-state index in [-0.39, 0.29) is 0 Å². The van der Waals surface area contributed by atoms with Gasteiger partial charge in [0.2, 0.25) is 0 Å². The van der Waals surface area contributed by atoms with Crippen molar-refractivity contribution in [2.45, 2.75) is 45.6 Å². The van der Waals surface area contributed by atoms with Crippen LogP contribution in [-0.2, 0) is 10.2 Å². The maximum atomic E-state index is 12.5. The molecule has 3 N–H and O–H groups in total. The number of hydrogen-bond acceptors (Lipinski definition) is 3. The lowest BCUT2D eigenvalue weighted by atomic mass is 9.94. The minimum Gasteiger partial charge on any atom is -0.329 e. The van der Waals surface area contributed by atoms with Crippen LogP contribution < -0.4 is 10.5 Å². The third kappa shape index (κ3) is 3.48. The van der Waals surface area contributed by atoms with Gasteiger partial charge in [-0.25, -0.2) is 0 Å². The summed E-state index contributed by atoms with van der Waals surface area (Å²) >= 11 is 0. The quantitative estimate of drug-likeness (QED) is 0.790. The second-order valence-corrected chi connectivity index (χ2v) is 8.44. The minimum absolute atomic E-state index is 0.357.